The van der Waals surface area contributed by atoms with Crippen LogP contribution in [0.4, 0.5) is 0 Å². The van der Waals surface area contributed by atoms with Gasteiger partial charge in [0, 0.05) is 17.5 Å². The maximum Gasteiger partial charge on any atom is 0.234 e. The van der Waals surface area contributed by atoms with Crippen molar-refractivity contribution in [3.63, 3.8) is 0 Å². The van der Waals surface area contributed by atoms with Crippen LogP contribution < -0.4 is 5.32 Å². The van der Waals surface area contributed by atoms with Crippen LogP contribution >= 0.6 is 11.3 Å². The maximum absolute atomic E-state index is 12.5. The molecule has 0 saturated carbocycles. The topological polar surface area (TPSA) is 66.5 Å². The summed E-state index contributed by atoms with van der Waals surface area (Å²) in [5.74, 6) is 0.155. The largest absolute Gasteiger partial charge is 0.349 e. The molecule has 3 rings (SSSR count). The molecule has 0 unspecified atom stereocenters. The van der Waals surface area contributed by atoms with Crippen molar-refractivity contribution in [3.8, 4) is 0 Å². The van der Waals surface area contributed by atoms with Gasteiger partial charge < -0.3 is 5.32 Å². The van der Waals surface area contributed by atoms with E-state index >= 15 is 0 Å². The summed E-state index contributed by atoms with van der Waals surface area (Å²) in [6.45, 7) is 5.20. The Morgan fingerprint density at radius 3 is 2.96 bits per heavy atom. The number of hydrogen-bond donors (Lipinski definition) is 1. The van der Waals surface area contributed by atoms with Gasteiger partial charge in [-0.15, -0.1) is 11.3 Å². The molecule has 1 aromatic rings. The highest BCUT2D eigenvalue weighted by Gasteiger charge is 2.40. The van der Waals surface area contributed by atoms with Gasteiger partial charge in [0.1, 0.15) is 0 Å². The van der Waals surface area contributed by atoms with E-state index in [9.17, 15) is 13.2 Å². The van der Waals surface area contributed by atoms with E-state index in [2.05, 4.69) is 28.6 Å². The molecule has 1 saturated heterocycles. The summed E-state index contributed by atoms with van der Waals surface area (Å²) in [5.41, 5.74) is 0.743. The third-order valence-corrected chi connectivity index (χ3v) is 7.78. The van der Waals surface area contributed by atoms with Crippen molar-refractivity contribution in [3.05, 3.63) is 21.9 Å². The van der Waals surface area contributed by atoms with Crippen LogP contribution in [0.15, 0.2) is 11.4 Å². The predicted molar refractivity (Wildman–Crippen MR) is 92.4 cm³/mol. The number of rotatable bonds is 4. The van der Waals surface area contributed by atoms with Crippen LogP contribution in [0, 0.1) is 0 Å². The summed E-state index contributed by atoms with van der Waals surface area (Å²) < 4.78 is 23.3. The molecule has 1 N–H and O–H groups in total. The van der Waals surface area contributed by atoms with Gasteiger partial charge in [-0.2, -0.15) is 0 Å². The van der Waals surface area contributed by atoms with E-state index in [1.807, 2.05) is 6.92 Å². The number of hydrogen-bond acceptors (Lipinski definition) is 5. The second-order valence-corrected chi connectivity index (χ2v) is 10.1. The fourth-order valence-electron chi connectivity index (χ4n) is 3.79. The van der Waals surface area contributed by atoms with Crippen LogP contribution in [-0.2, 0) is 21.1 Å². The first-order chi connectivity index (χ1) is 10.8. The summed E-state index contributed by atoms with van der Waals surface area (Å²) >= 11 is 1.80. The second kappa shape index (κ2) is 6.18. The van der Waals surface area contributed by atoms with Gasteiger partial charge in [-0.05, 0) is 43.2 Å². The van der Waals surface area contributed by atoms with Gasteiger partial charge in [-0.3, -0.25) is 9.69 Å². The Morgan fingerprint density at radius 2 is 2.30 bits per heavy atom. The molecule has 2 aliphatic rings. The minimum atomic E-state index is -3.01. The van der Waals surface area contributed by atoms with Crippen LogP contribution in [0.1, 0.15) is 43.2 Å². The van der Waals surface area contributed by atoms with E-state index in [0.717, 1.165) is 19.4 Å². The Balaban J connectivity index is 1.64. The van der Waals surface area contributed by atoms with Gasteiger partial charge in [-0.1, -0.05) is 6.92 Å². The van der Waals surface area contributed by atoms with Gasteiger partial charge in [0.25, 0.3) is 0 Å². The number of carbonyl (C=O) groups is 1. The van der Waals surface area contributed by atoms with Crippen molar-refractivity contribution in [2.75, 3.05) is 24.6 Å². The molecule has 23 heavy (non-hydrogen) atoms. The van der Waals surface area contributed by atoms with Gasteiger partial charge >= 0.3 is 0 Å². The maximum atomic E-state index is 12.5. The Bertz CT molecular complexity index is 698. The molecular weight excluding hydrogens is 332 g/mol. The molecule has 0 spiro atoms. The van der Waals surface area contributed by atoms with Crippen molar-refractivity contribution >= 4 is 27.1 Å². The number of thiophene rings is 1. The highest BCUT2D eigenvalue weighted by atomic mass is 32.2. The first kappa shape index (κ1) is 16.9. The van der Waals surface area contributed by atoms with E-state index in [1.165, 1.54) is 10.4 Å². The Labute approximate surface area is 142 Å². The minimum absolute atomic E-state index is 0.0532. The van der Waals surface area contributed by atoms with E-state index in [0.29, 0.717) is 13.0 Å². The fraction of sp³-hybridized carbons (Fsp3) is 0.688. The molecule has 2 atom stereocenters. The van der Waals surface area contributed by atoms with Gasteiger partial charge in [0.05, 0.1) is 23.6 Å². The number of nitrogens with zero attached hydrogens (tertiary/aromatic N) is 1. The van der Waals surface area contributed by atoms with Crippen LogP contribution in [-0.4, -0.2) is 49.4 Å². The average molecular weight is 357 g/mol. The third kappa shape index (κ3) is 3.61. The minimum Gasteiger partial charge on any atom is -0.349 e. The zero-order valence-corrected chi connectivity index (χ0v) is 15.3. The first-order valence-corrected chi connectivity index (χ1v) is 10.8. The Morgan fingerprint density at radius 1 is 1.52 bits per heavy atom. The van der Waals surface area contributed by atoms with E-state index in [1.54, 1.807) is 11.3 Å². The molecule has 3 heterocycles. The van der Waals surface area contributed by atoms with E-state index < -0.39 is 15.4 Å². The number of amides is 1. The normalized spacial score (nSPS) is 30.1. The predicted octanol–water partition coefficient (Wildman–Crippen LogP) is 1.75. The number of carbonyl (C=O) groups excluding carboxylic acids is 1. The summed E-state index contributed by atoms with van der Waals surface area (Å²) in [4.78, 5) is 16.1. The molecule has 1 fully saturated rings. The first-order valence-electron chi connectivity index (χ1n) is 8.14. The highest BCUT2D eigenvalue weighted by molar-refractivity contribution is 7.91. The molecule has 7 heteroatoms. The van der Waals surface area contributed by atoms with Crippen LogP contribution in [0.2, 0.25) is 0 Å². The number of nitrogens with one attached hydrogen (secondary N) is 1. The smallest absolute Gasteiger partial charge is 0.234 e. The lowest BCUT2D eigenvalue weighted by Crippen LogP contribution is -2.51. The second-order valence-electron chi connectivity index (χ2n) is 6.89. The van der Waals surface area contributed by atoms with Gasteiger partial charge in [0.2, 0.25) is 5.91 Å². The van der Waals surface area contributed by atoms with Gasteiger partial charge in [0.15, 0.2) is 9.84 Å². The molecule has 2 aliphatic heterocycles. The van der Waals surface area contributed by atoms with Crippen molar-refractivity contribution < 1.29 is 13.2 Å². The number of sulfone groups is 1. The molecule has 5 nitrogen and oxygen atoms in total. The Kier molecular flexibility index (Phi) is 4.55. The SMILES string of the molecule is CC[C@H]1c2ccsc2CCN1CC(=O)N[C@@]1(C)CCS(=O)(=O)C1. The molecule has 1 amide bonds. The third-order valence-electron chi connectivity index (χ3n) is 4.88. The van der Waals surface area contributed by atoms with Crippen molar-refractivity contribution in [1.82, 2.24) is 10.2 Å². The quantitative estimate of drug-likeness (QED) is 0.893. The van der Waals surface area contributed by atoms with E-state index in [4.69, 9.17) is 0 Å². The molecule has 0 radical (unpaired) electrons. The Hall–Kier alpha value is -0.920. The van der Waals surface area contributed by atoms with Crippen LogP contribution in [0.5, 0.6) is 0 Å². The molecular formula is C16H24N2O3S2. The highest BCUT2D eigenvalue weighted by Crippen LogP contribution is 2.35. The summed E-state index contributed by atoms with van der Waals surface area (Å²) in [7, 11) is -3.01. The van der Waals surface area contributed by atoms with Crippen molar-refractivity contribution in [1.29, 1.82) is 0 Å². The van der Waals surface area contributed by atoms with Crippen LogP contribution in [0.25, 0.3) is 0 Å². The van der Waals surface area contributed by atoms with Crippen molar-refractivity contribution in [2.45, 2.75) is 44.7 Å². The average Bonchev–Trinajstić information content (AvgIpc) is 3.02. The molecule has 1 aromatic heterocycles. The summed E-state index contributed by atoms with van der Waals surface area (Å²) in [6.07, 6.45) is 2.47. The standard InChI is InChI=1S/C16H24N2O3S2/c1-3-13-12-5-8-22-14(12)4-7-18(13)10-15(19)17-16(2)6-9-23(20,21)11-16/h5,8,13H,3-4,6-7,9-11H2,1-2H3,(H,17,19)/t13-,16-/m0/s1. The molecule has 0 aromatic carbocycles. The summed E-state index contributed by atoms with van der Waals surface area (Å²) in [6, 6.07) is 2.46. The van der Waals surface area contributed by atoms with E-state index in [-0.39, 0.29) is 23.5 Å². The zero-order valence-electron chi connectivity index (χ0n) is 13.7. The lowest BCUT2D eigenvalue weighted by atomic mass is 9.97. The van der Waals surface area contributed by atoms with Gasteiger partial charge in [-0.25, -0.2) is 8.42 Å². The monoisotopic (exact) mass is 356 g/mol. The molecule has 0 aliphatic carbocycles. The lowest BCUT2D eigenvalue weighted by molar-refractivity contribution is -0.124. The summed E-state index contributed by atoms with van der Waals surface area (Å²) in [5, 5.41) is 5.09. The fourth-order valence-corrected chi connectivity index (χ4v) is 6.81. The molecule has 0 bridgehead atoms. The van der Waals surface area contributed by atoms with Crippen molar-refractivity contribution in [2.24, 2.45) is 0 Å². The molecule has 128 valence electrons. The van der Waals surface area contributed by atoms with Crippen LogP contribution in [0.3, 0.4) is 0 Å². The number of fused-ring (bicyclic) bond motifs is 1. The zero-order chi connectivity index (χ0) is 16.7. The lowest BCUT2D eigenvalue weighted by Gasteiger charge is -2.35.